The Hall–Kier alpha value is -3.08. The number of amides is 1. The SMILES string of the molecule is CNc1ccccc1C(=O)OCC(=O)N1CC=C(c2ccccc2)CC1. The number of nitrogens with one attached hydrogen (secondary N) is 1. The second kappa shape index (κ2) is 8.34. The number of esters is 1. The van der Waals surface area contributed by atoms with Gasteiger partial charge in [-0.25, -0.2) is 4.79 Å². The highest BCUT2D eigenvalue weighted by molar-refractivity contribution is 5.96. The Morgan fingerprint density at radius 1 is 1.08 bits per heavy atom. The van der Waals surface area contributed by atoms with Gasteiger partial charge in [0.2, 0.25) is 0 Å². The lowest BCUT2D eigenvalue weighted by Gasteiger charge is -2.26. The van der Waals surface area contributed by atoms with Crippen molar-refractivity contribution in [2.24, 2.45) is 0 Å². The molecule has 26 heavy (non-hydrogen) atoms. The predicted molar refractivity (Wildman–Crippen MR) is 102 cm³/mol. The van der Waals surface area contributed by atoms with Crippen LogP contribution in [0.5, 0.6) is 0 Å². The van der Waals surface area contributed by atoms with Gasteiger partial charge in [0.05, 0.1) is 5.56 Å². The van der Waals surface area contributed by atoms with Crippen LogP contribution in [0.25, 0.3) is 5.57 Å². The number of benzene rings is 2. The van der Waals surface area contributed by atoms with Crippen molar-refractivity contribution in [1.82, 2.24) is 4.90 Å². The zero-order chi connectivity index (χ0) is 18.4. The normalized spacial score (nSPS) is 13.7. The Morgan fingerprint density at radius 3 is 2.50 bits per heavy atom. The smallest absolute Gasteiger partial charge is 0.340 e. The van der Waals surface area contributed by atoms with Crippen molar-refractivity contribution < 1.29 is 14.3 Å². The molecule has 2 aromatic rings. The number of nitrogens with zero attached hydrogens (tertiary/aromatic N) is 1. The summed E-state index contributed by atoms with van der Waals surface area (Å²) in [6, 6.07) is 17.2. The standard InChI is InChI=1S/C21H22N2O3/c1-22-19-10-6-5-9-18(19)21(25)26-15-20(24)23-13-11-17(12-14-23)16-7-3-2-4-8-16/h2-11,22H,12-15H2,1H3. The maximum Gasteiger partial charge on any atom is 0.340 e. The third-order valence-electron chi connectivity index (χ3n) is 4.45. The minimum atomic E-state index is -0.499. The van der Waals surface area contributed by atoms with E-state index in [2.05, 4.69) is 23.5 Å². The van der Waals surface area contributed by atoms with Gasteiger partial charge in [0.1, 0.15) is 0 Å². The van der Waals surface area contributed by atoms with Crippen molar-refractivity contribution >= 4 is 23.1 Å². The number of carbonyl (C=O) groups excluding carboxylic acids is 2. The molecule has 0 bridgehead atoms. The van der Waals surface area contributed by atoms with Crippen molar-refractivity contribution in [2.75, 3.05) is 32.1 Å². The zero-order valence-corrected chi connectivity index (χ0v) is 14.8. The van der Waals surface area contributed by atoms with Gasteiger partial charge in [-0.15, -0.1) is 0 Å². The Labute approximate surface area is 153 Å². The lowest BCUT2D eigenvalue weighted by atomic mass is 10.00. The van der Waals surface area contributed by atoms with Crippen LogP contribution in [0.3, 0.4) is 0 Å². The summed E-state index contributed by atoms with van der Waals surface area (Å²) < 4.78 is 5.21. The van der Waals surface area contributed by atoms with E-state index in [9.17, 15) is 9.59 Å². The molecule has 2 aromatic carbocycles. The van der Waals surface area contributed by atoms with E-state index < -0.39 is 5.97 Å². The maximum absolute atomic E-state index is 12.3. The Balaban J connectivity index is 1.55. The predicted octanol–water partition coefficient (Wildman–Crippen LogP) is 3.20. The second-order valence-corrected chi connectivity index (χ2v) is 6.06. The summed E-state index contributed by atoms with van der Waals surface area (Å²) in [5, 5.41) is 2.94. The molecule has 0 saturated carbocycles. The van der Waals surface area contributed by atoms with Crippen LogP contribution in [0.1, 0.15) is 22.3 Å². The molecule has 3 rings (SSSR count). The summed E-state index contributed by atoms with van der Waals surface area (Å²) in [6.07, 6.45) is 2.86. The molecular formula is C21H22N2O3. The third-order valence-corrected chi connectivity index (χ3v) is 4.45. The van der Waals surface area contributed by atoms with Gasteiger partial charge in [-0.05, 0) is 29.7 Å². The summed E-state index contributed by atoms with van der Waals surface area (Å²) in [5.41, 5.74) is 3.54. The number of anilines is 1. The minimum Gasteiger partial charge on any atom is -0.452 e. The topological polar surface area (TPSA) is 58.6 Å². The van der Waals surface area contributed by atoms with E-state index in [0.717, 1.165) is 6.42 Å². The van der Waals surface area contributed by atoms with Gasteiger partial charge >= 0.3 is 5.97 Å². The van der Waals surface area contributed by atoms with Gasteiger partial charge in [-0.3, -0.25) is 4.79 Å². The van der Waals surface area contributed by atoms with Crippen LogP contribution in [-0.4, -0.2) is 43.5 Å². The van der Waals surface area contributed by atoms with Crippen LogP contribution in [0.15, 0.2) is 60.7 Å². The van der Waals surface area contributed by atoms with E-state index in [4.69, 9.17) is 4.74 Å². The van der Waals surface area contributed by atoms with Crippen LogP contribution >= 0.6 is 0 Å². The molecule has 0 fully saturated rings. The number of carbonyl (C=O) groups is 2. The molecule has 134 valence electrons. The van der Waals surface area contributed by atoms with Gasteiger partial charge in [0.15, 0.2) is 6.61 Å². The van der Waals surface area contributed by atoms with Gasteiger partial charge in [-0.2, -0.15) is 0 Å². The van der Waals surface area contributed by atoms with E-state index in [1.165, 1.54) is 11.1 Å². The third kappa shape index (κ3) is 4.11. The second-order valence-electron chi connectivity index (χ2n) is 6.06. The quantitative estimate of drug-likeness (QED) is 0.842. The first-order chi connectivity index (χ1) is 12.7. The number of hydrogen-bond donors (Lipinski definition) is 1. The fourth-order valence-corrected chi connectivity index (χ4v) is 2.99. The van der Waals surface area contributed by atoms with Crippen LogP contribution in [-0.2, 0) is 9.53 Å². The molecular weight excluding hydrogens is 328 g/mol. The van der Waals surface area contributed by atoms with Crippen molar-refractivity contribution in [2.45, 2.75) is 6.42 Å². The molecule has 5 nitrogen and oxygen atoms in total. The summed E-state index contributed by atoms with van der Waals surface area (Å²) in [7, 11) is 1.74. The van der Waals surface area contributed by atoms with Crippen LogP contribution in [0.2, 0.25) is 0 Å². The number of rotatable bonds is 5. The Kier molecular flexibility index (Phi) is 5.69. The molecule has 0 radical (unpaired) electrons. The van der Waals surface area contributed by atoms with E-state index in [-0.39, 0.29) is 12.5 Å². The minimum absolute atomic E-state index is 0.177. The number of para-hydroxylation sites is 1. The number of ether oxygens (including phenoxy) is 1. The van der Waals surface area contributed by atoms with E-state index in [1.807, 2.05) is 24.3 Å². The highest BCUT2D eigenvalue weighted by Crippen LogP contribution is 2.22. The molecule has 5 heteroatoms. The Bertz CT molecular complexity index is 815. The molecule has 0 saturated heterocycles. The van der Waals surface area contributed by atoms with E-state index >= 15 is 0 Å². The van der Waals surface area contributed by atoms with Crippen LogP contribution < -0.4 is 5.32 Å². The van der Waals surface area contributed by atoms with Gasteiger partial charge in [0.25, 0.3) is 5.91 Å². The Morgan fingerprint density at radius 2 is 1.81 bits per heavy atom. The number of hydrogen-bond acceptors (Lipinski definition) is 4. The zero-order valence-electron chi connectivity index (χ0n) is 14.8. The lowest BCUT2D eigenvalue weighted by Crippen LogP contribution is -2.37. The highest BCUT2D eigenvalue weighted by atomic mass is 16.5. The lowest BCUT2D eigenvalue weighted by molar-refractivity contribution is -0.134. The van der Waals surface area contributed by atoms with Crippen LogP contribution in [0, 0.1) is 0 Å². The van der Waals surface area contributed by atoms with Crippen LogP contribution in [0.4, 0.5) is 5.69 Å². The fraction of sp³-hybridized carbons (Fsp3) is 0.238. The molecule has 0 atom stereocenters. The molecule has 1 amide bonds. The molecule has 0 aromatic heterocycles. The average molecular weight is 350 g/mol. The van der Waals surface area contributed by atoms with E-state index in [0.29, 0.717) is 24.3 Å². The average Bonchev–Trinajstić information content (AvgIpc) is 2.72. The molecule has 0 unspecified atom stereocenters. The summed E-state index contributed by atoms with van der Waals surface area (Å²) in [6.45, 7) is 0.920. The fourth-order valence-electron chi connectivity index (χ4n) is 2.99. The van der Waals surface area contributed by atoms with E-state index in [1.54, 1.807) is 30.1 Å². The maximum atomic E-state index is 12.3. The molecule has 1 N–H and O–H groups in total. The van der Waals surface area contributed by atoms with Gasteiger partial charge in [0, 0.05) is 25.8 Å². The highest BCUT2D eigenvalue weighted by Gasteiger charge is 2.20. The van der Waals surface area contributed by atoms with Gasteiger partial charge < -0.3 is 15.0 Å². The van der Waals surface area contributed by atoms with Crippen molar-refractivity contribution in [3.05, 3.63) is 71.8 Å². The largest absolute Gasteiger partial charge is 0.452 e. The summed E-state index contributed by atoms with van der Waals surface area (Å²) in [5.74, 6) is -0.676. The van der Waals surface area contributed by atoms with Crippen molar-refractivity contribution in [3.63, 3.8) is 0 Å². The molecule has 0 spiro atoms. The molecule has 0 aliphatic carbocycles. The molecule has 1 aliphatic rings. The summed E-state index contributed by atoms with van der Waals surface area (Å²) in [4.78, 5) is 26.3. The summed E-state index contributed by atoms with van der Waals surface area (Å²) >= 11 is 0. The first-order valence-electron chi connectivity index (χ1n) is 8.65. The van der Waals surface area contributed by atoms with Crippen molar-refractivity contribution in [3.8, 4) is 0 Å². The van der Waals surface area contributed by atoms with Crippen molar-refractivity contribution in [1.29, 1.82) is 0 Å². The molecule has 1 heterocycles. The first-order valence-corrected chi connectivity index (χ1v) is 8.65. The van der Waals surface area contributed by atoms with Gasteiger partial charge in [-0.1, -0.05) is 48.5 Å². The monoisotopic (exact) mass is 350 g/mol. The first kappa shape index (κ1) is 17.7. The molecule has 1 aliphatic heterocycles.